The van der Waals surface area contributed by atoms with Gasteiger partial charge in [-0.1, -0.05) is 24.6 Å². The number of rotatable bonds is 3. The predicted octanol–water partition coefficient (Wildman–Crippen LogP) is 1.57. The smallest absolute Gasteiger partial charge is 0.251 e. The number of aryl methyl sites for hydroxylation is 2. The first kappa shape index (κ1) is 16.1. The van der Waals surface area contributed by atoms with Gasteiger partial charge in [-0.3, -0.25) is 14.5 Å². The van der Waals surface area contributed by atoms with Crippen LogP contribution < -0.4 is 4.90 Å². The van der Waals surface area contributed by atoms with Crippen LogP contribution in [0.3, 0.4) is 0 Å². The number of hydrogen-bond acceptors (Lipinski definition) is 4. The average molecular weight is 315 g/mol. The number of anilines is 1. The molecule has 0 radical (unpaired) electrons. The standard InChI is InChI=1S/C18H25N3O2/c1-4-19-7-9-20(10-8-19)16-12-17(22)21(18(16)23)15-6-5-13(2)11-14(15)3/h5-6,11,16H,4,7-10,12H2,1-3H3. The van der Waals surface area contributed by atoms with Gasteiger partial charge in [0.2, 0.25) is 5.91 Å². The van der Waals surface area contributed by atoms with Crippen LogP contribution in [0.5, 0.6) is 0 Å². The maximum absolute atomic E-state index is 12.9. The second kappa shape index (κ2) is 6.42. The van der Waals surface area contributed by atoms with Crippen molar-refractivity contribution in [3.63, 3.8) is 0 Å². The highest BCUT2D eigenvalue weighted by Gasteiger charge is 2.43. The molecule has 0 aromatic heterocycles. The van der Waals surface area contributed by atoms with E-state index in [1.165, 1.54) is 4.90 Å². The normalized spacial score (nSPS) is 23.8. The van der Waals surface area contributed by atoms with Gasteiger partial charge in [-0.2, -0.15) is 0 Å². The lowest BCUT2D eigenvalue weighted by molar-refractivity contribution is -0.123. The Morgan fingerprint density at radius 1 is 1.09 bits per heavy atom. The Kier molecular flexibility index (Phi) is 4.50. The van der Waals surface area contributed by atoms with Crippen molar-refractivity contribution in [1.82, 2.24) is 9.80 Å². The molecule has 2 aliphatic heterocycles. The Balaban J connectivity index is 1.78. The third kappa shape index (κ3) is 3.03. The fourth-order valence-corrected chi connectivity index (χ4v) is 3.60. The van der Waals surface area contributed by atoms with Gasteiger partial charge in [0.15, 0.2) is 0 Å². The van der Waals surface area contributed by atoms with Crippen molar-refractivity contribution in [1.29, 1.82) is 0 Å². The van der Waals surface area contributed by atoms with E-state index in [-0.39, 0.29) is 17.9 Å². The Morgan fingerprint density at radius 2 is 1.78 bits per heavy atom. The van der Waals surface area contributed by atoms with Crippen molar-refractivity contribution in [3.8, 4) is 0 Å². The summed E-state index contributed by atoms with van der Waals surface area (Å²) in [6.45, 7) is 10.8. The molecule has 2 aliphatic rings. The van der Waals surface area contributed by atoms with Gasteiger partial charge >= 0.3 is 0 Å². The van der Waals surface area contributed by atoms with Crippen LogP contribution in [0.25, 0.3) is 0 Å². The van der Waals surface area contributed by atoms with Crippen LogP contribution in [0.15, 0.2) is 18.2 Å². The first-order valence-electron chi connectivity index (χ1n) is 8.41. The van der Waals surface area contributed by atoms with E-state index in [1.54, 1.807) is 0 Å². The molecule has 23 heavy (non-hydrogen) atoms. The van der Waals surface area contributed by atoms with E-state index in [9.17, 15) is 9.59 Å². The largest absolute Gasteiger partial charge is 0.301 e. The van der Waals surface area contributed by atoms with Gasteiger partial charge in [0.05, 0.1) is 18.2 Å². The average Bonchev–Trinajstić information content (AvgIpc) is 2.83. The van der Waals surface area contributed by atoms with Crippen molar-refractivity contribution < 1.29 is 9.59 Å². The van der Waals surface area contributed by atoms with Gasteiger partial charge in [0.25, 0.3) is 5.91 Å². The molecule has 2 fully saturated rings. The number of likely N-dealkylation sites (N-methyl/N-ethyl adjacent to an activating group) is 1. The van der Waals surface area contributed by atoms with Gasteiger partial charge in [0, 0.05) is 26.2 Å². The summed E-state index contributed by atoms with van der Waals surface area (Å²) < 4.78 is 0. The molecule has 5 heteroatoms. The quantitative estimate of drug-likeness (QED) is 0.794. The van der Waals surface area contributed by atoms with Crippen molar-refractivity contribution in [2.75, 3.05) is 37.6 Å². The van der Waals surface area contributed by atoms with Crippen LogP contribution in [-0.4, -0.2) is 60.4 Å². The predicted molar refractivity (Wildman–Crippen MR) is 90.5 cm³/mol. The Hall–Kier alpha value is -1.72. The molecule has 0 saturated carbocycles. The van der Waals surface area contributed by atoms with Gasteiger partial charge < -0.3 is 4.90 Å². The number of piperazine rings is 1. The lowest BCUT2D eigenvalue weighted by atomic mass is 10.1. The van der Waals surface area contributed by atoms with E-state index < -0.39 is 0 Å². The monoisotopic (exact) mass is 315 g/mol. The minimum Gasteiger partial charge on any atom is -0.301 e. The molecule has 2 amide bonds. The number of nitrogens with zero attached hydrogens (tertiary/aromatic N) is 3. The van der Waals surface area contributed by atoms with Gasteiger partial charge in [-0.25, -0.2) is 4.90 Å². The third-order valence-corrected chi connectivity index (χ3v) is 5.01. The number of hydrogen-bond donors (Lipinski definition) is 0. The highest BCUT2D eigenvalue weighted by atomic mass is 16.2. The molecule has 124 valence electrons. The van der Waals surface area contributed by atoms with Gasteiger partial charge in [-0.15, -0.1) is 0 Å². The zero-order chi connectivity index (χ0) is 16.6. The zero-order valence-corrected chi connectivity index (χ0v) is 14.2. The molecule has 0 spiro atoms. The van der Waals surface area contributed by atoms with Crippen LogP contribution in [0.2, 0.25) is 0 Å². The molecule has 0 N–H and O–H groups in total. The second-order valence-corrected chi connectivity index (χ2v) is 6.55. The summed E-state index contributed by atoms with van der Waals surface area (Å²) in [5, 5.41) is 0. The van der Waals surface area contributed by atoms with Crippen LogP contribution in [0.1, 0.15) is 24.5 Å². The lowest BCUT2D eigenvalue weighted by Gasteiger charge is -2.36. The first-order valence-corrected chi connectivity index (χ1v) is 8.41. The number of carbonyl (C=O) groups is 2. The minimum atomic E-state index is -0.290. The highest BCUT2D eigenvalue weighted by Crippen LogP contribution is 2.29. The molecule has 1 unspecified atom stereocenters. The molecule has 1 aromatic carbocycles. The molecule has 3 rings (SSSR count). The highest BCUT2D eigenvalue weighted by molar-refractivity contribution is 6.22. The van der Waals surface area contributed by atoms with Gasteiger partial charge in [0.1, 0.15) is 0 Å². The van der Waals surface area contributed by atoms with Crippen LogP contribution in [0, 0.1) is 13.8 Å². The number of amides is 2. The molecule has 2 saturated heterocycles. The molecule has 1 aromatic rings. The minimum absolute atomic E-state index is 0.0631. The van der Waals surface area contributed by atoms with E-state index in [1.807, 2.05) is 32.0 Å². The lowest BCUT2D eigenvalue weighted by Crippen LogP contribution is -2.52. The summed E-state index contributed by atoms with van der Waals surface area (Å²) in [7, 11) is 0. The van der Waals surface area contributed by atoms with Crippen molar-refractivity contribution >= 4 is 17.5 Å². The zero-order valence-electron chi connectivity index (χ0n) is 14.2. The number of imide groups is 1. The topological polar surface area (TPSA) is 43.9 Å². The van der Waals surface area contributed by atoms with E-state index in [0.29, 0.717) is 6.42 Å². The summed E-state index contributed by atoms with van der Waals surface area (Å²) in [5.74, 6) is -0.142. The molecule has 2 heterocycles. The van der Waals surface area contributed by atoms with Crippen LogP contribution in [-0.2, 0) is 9.59 Å². The molecular weight excluding hydrogens is 290 g/mol. The van der Waals surface area contributed by atoms with Crippen molar-refractivity contribution in [3.05, 3.63) is 29.3 Å². The summed E-state index contributed by atoms with van der Waals surface area (Å²) >= 11 is 0. The Bertz CT molecular complexity index is 621. The first-order chi connectivity index (χ1) is 11.0. The summed E-state index contributed by atoms with van der Waals surface area (Å²) in [6.07, 6.45) is 0.304. The molecule has 0 bridgehead atoms. The fourth-order valence-electron chi connectivity index (χ4n) is 3.60. The third-order valence-electron chi connectivity index (χ3n) is 5.01. The van der Waals surface area contributed by atoms with E-state index in [2.05, 4.69) is 16.7 Å². The molecule has 5 nitrogen and oxygen atoms in total. The van der Waals surface area contributed by atoms with Gasteiger partial charge in [-0.05, 0) is 32.0 Å². The van der Waals surface area contributed by atoms with Crippen molar-refractivity contribution in [2.45, 2.75) is 33.2 Å². The van der Waals surface area contributed by atoms with Crippen molar-refractivity contribution in [2.24, 2.45) is 0 Å². The van der Waals surface area contributed by atoms with E-state index >= 15 is 0 Å². The second-order valence-electron chi connectivity index (χ2n) is 6.55. The molecular formula is C18H25N3O2. The summed E-state index contributed by atoms with van der Waals surface area (Å²) in [6, 6.07) is 5.57. The van der Waals surface area contributed by atoms with E-state index in [0.717, 1.165) is 49.5 Å². The SMILES string of the molecule is CCN1CCN(C2CC(=O)N(c3ccc(C)cc3C)C2=O)CC1. The summed E-state index contributed by atoms with van der Waals surface area (Å²) in [5.41, 5.74) is 2.85. The summed E-state index contributed by atoms with van der Waals surface area (Å²) in [4.78, 5) is 31.3. The maximum Gasteiger partial charge on any atom is 0.251 e. The number of benzene rings is 1. The Morgan fingerprint density at radius 3 is 2.39 bits per heavy atom. The number of carbonyl (C=O) groups excluding carboxylic acids is 2. The van der Waals surface area contributed by atoms with Crippen LogP contribution >= 0.6 is 0 Å². The fraction of sp³-hybridized carbons (Fsp3) is 0.556. The van der Waals surface area contributed by atoms with Crippen LogP contribution in [0.4, 0.5) is 5.69 Å². The van der Waals surface area contributed by atoms with E-state index in [4.69, 9.17) is 0 Å². The Labute approximate surface area is 137 Å². The molecule has 1 atom stereocenters. The maximum atomic E-state index is 12.9. The molecule has 0 aliphatic carbocycles.